The van der Waals surface area contributed by atoms with Crippen molar-refractivity contribution >= 4 is 39.8 Å². The first-order chi connectivity index (χ1) is 13.3. The zero-order valence-corrected chi connectivity index (χ0v) is 18.0. The summed E-state index contributed by atoms with van der Waals surface area (Å²) in [6.45, 7) is 8.30. The van der Waals surface area contributed by atoms with E-state index < -0.39 is 0 Å². The molecule has 3 rings (SSSR count). The second-order valence-corrected chi connectivity index (χ2v) is 8.89. The lowest BCUT2D eigenvalue weighted by atomic mass is 10.0. The Morgan fingerprint density at radius 1 is 1.18 bits per heavy atom. The van der Waals surface area contributed by atoms with Crippen molar-refractivity contribution in [3.63, 3.8) is 0 Å². The molecule has 0 aliphatic carbocycles. The van der Waals surface area contributed by atoms with Crippen LogP contribution in [-0.4, -0.2) is 41.9 Å². The van der Waals surface area contributed by atoms with Crippen molar-refractivity contribution in [2.24, 2.45) is 0 Å². The van der Waals surface area contributed by atoms with E-state index in [1.165, 1.54) is 11.3 Å². The first-order valence-electron chi connectivity index (χ1n) is 9.56. The van der Waals surface area contributed by atoms with Gasteiger partial charge in [0.15, 0.2) is 0 Å². The Labute approximate surface area is 175 Å². The average Bonchev–Trinajstić information content (AvgIpc) is 3.02. The van der Waals surface area contributed by atoms with Crippen LogP contribution < -0.4 is 10.6 Å². The molecular weight excluding hydrogens is 394 g/mol. The molecule has 1 aliphatic rings. The molecule has 1 aliphatic heterocycles. The molecule has 0 bridgehead atoms. The number of amides is 2. The largest absolute Gasteiger partial charge is 0.349 e. The number of anilines is 1. The van der Waals surface area contributed by atoms with Crippen LogP contribution in [0.4, 0.5) is 5.00 Å². The number of thiophene rings is 1. The van der Waals surface area contributed by atoms with E-state index >= 15 is 0 Å². The second kappa shape index (κ2) is 9.07. The molecule has 1 saturated heterocycles. The standard InChI is InChI=1S/C21H26ClN3O2S/c1-13(2)25-10-8-15(9-11-25)23-21(27)19-14(3)12-18(28-19)24-20(26)16-6-4-5-7-17(16)22/h4-7,12-13,15H,8-11H2,1-3H3,(H,23,27)(H,24,26). The third kappa shape index (κ3) is 4.93. The van der Waals surface area contributed by atoms with Crippen molar-refractivity contribution in [2.45, 2.75) is 45.7 Å². The zero-order chi connectivity index (χ0) is 20.3. The number of carbonyl (C=O) groups is 2. The molecule has 0 atom stereocenters. The molecule has 0 spiro atoms. The van der Waals surface area contributed by atoms with Gasteiger partial charge in [0.05, 0.1) is 20.5 Å². The average molecular weight is 420 g/mol. The van der Waals surface area contributed by atoms with Crippen LogP contribution in [0.25, 0.3) is 0 Å². The van der Waals surface area contributed by atoms with E-state index in [0.717, 1.165) is 31.5 Å². The van der Waals surface area contributed by atoms with Crippen LogP contribution in [-0.2, 0) is 0 Å². The highest BCUT2D eigenvalue weighted by atomic mass is 35.5. The Bertz CT molecular complexity index is 857. The summed E-state index contributed by atoms with van der Waals surface area (Å²) in [4.78, 5) is 28.2. The van der Waals surface area contributed by atoms with Crippen LogP contribution >= 0.6 is 22.9 Å². The number of halogens is 1. The molecular formula is C21H26ClN3O2S. The summed E-state index contributed by atoms with van der Waals surface area (Å²) in [6, 6.07) is 9.47. The number of benzene rings is 1. The molecule has 2 heterocycles. The van der Waals surface area contributed by atoms with Crippen LogP contribution in [0.5, 0.6) is 0 Å². The molecule has 0 saturated carbocycles. The minimum Gasteiger partial charge on any atom is -0.349 e. The molecule has 150 valence electrons. The predicted octanol–water partition coefficient (Wildman–Crippen LogP) is 4.56. The number of aryl methyl sites for hydroxylation is 1. The van der Waals surface area contributed by atoms with Crippen molar-refractivity contribution in [3.05, 3.63) is 51.4 Å². The molecule has 0 unspecified atom stereocenters. The lowest BCUT2D eigenvalue weighted by Gasteiger charge is -2.34. The van der Waals surface area contributed by atoms with E-state index in [2.05, 4.69) is 29.4 Å². The summed E-state index contributed by atoms with van der Waals surface area (Å²) in [5.41, 5.74) is 1.27. The van der Waals surface area contributed by atoms with Gasteiger partial charge in [-0.3, -0.25) is 9.59 Å². The van der Waals surface area contributed by atoms with E-state index in [4.69, 9.17) is 11.6 Å². The van der Waals surface area contributed by atoms with E-state index in [0.29, 0.717) is 26.5 Å². The molecule has 0 radical (unpaired) electrons. The monoisotopic (exact) mass is 419 g/mol. The highest BCUT2D eigenvalue weighted by Crippen LogP contribution is 2.28. The molecule has 28 heavy (non-hydrogen) atoms. The first kappa shape index (κ1) is 20.8. The number of carbonyl (C=O) groups excluding carboxylic acids is 2. The van der Waals surface area contributed by atoms with Gasteiger partial charge in [0.1, 0.15) is 0 Å². The molecule has 1 aromatic heterocycles. The van der Waals surface area contributed by atoms with Gasteiger partial charge in [-0.15, -0.1) is 11.3 Å². The summed E-state index contributed by atoms with van der Waals surface area (Å²) in [5.74, 6) is -0.344. The third-order valence-electron chi connectivity index (χ3n) is 5.07. The van der Waals surface area contributed by atoms with Gasteiger partial charge in [0.2, 0.25) is 0 Å². The molecule has 1 fully saturated rings. The SMILES string of the molecule is Cc1cc(NC(=O)c2ccccc2Cl)sc1C(=O)NC1CCN(C(C)C)CC1. The summed E-state index contributed by atoms with van der Waals surface area (Å²) in [5, 5.41) is 7.04. The maximum absolute atomic E-state index is 12.7. The number of rotatable bonds is 5. The fourth-order valence-corrected chi connectivity index (χ4v) is 4.60. The first-order valence-corrected chi connectivity index (χ1v) is 10.8. The van der Waals surface area contributed by atoms with Gasteiger partial charge in [-0.25, -0.2) is 0 Å². The number of hydrogen-bond acceptors (Lipinski definition) is 4. The highest BCUT2D eigenvalue weighted by molar-refractivity contribution is 7.18. The minimum atomic E-state index is -0.278. The fraction of sp³-hybridized carbons (Fsp3) is 0.429. The zero-order valence-electron chi connectivity index (χ0n) is 16.4. The van der Waals surface area contributed by atoms with Crippen LogP contribution in [0.3, 0.4) is 0 Å². The van der Waals surface area contributed by atoms with E-state index in [1.54, 1.807) is 24.3 Å². The summed E-state index contributed by atoms with van der Waals surface area (Å²) in [6.07, 6.45) is 1.93. The quantitative estimate of drug-likeness (QED) is 0.746. The van der Waals surface area contributed by atoms with Crippen molar-refractivity contribution in [2.75, 3.05) is 18.4 Å². The van der Waals surface area contributed by atoms with Gasteiger partial charge in [0.25, 0.3) is 11.8 Å². The highest BCUT2D eigenvalue weighted by Gasteiger charge is 2.24. The van der Waals surface area contributed by atoms with Gasteiger partial charge >= 0.3 is 0 Å². The van der Waals surface area contributed by atoms with E-state index in [9.17, 15) is 9.59 Å². The Hall–Kier alpha value is -1.89. The number of likely N-dealkylation sites (tertiary alicyclic amines) is 1. The van der Waals surface area contributed by atoms with Crippen molar-refractivity contribution in [1.29, 1.82) is 0 Å². The summed E-state index contributed by atoms with van der Waals surface area (Å²) in [7, 11) is 0. The maximum Gasteiger partial charge on any atom is 0.261 e. The summed E-state index contributed by atoms with van der Waals surface area (Å²) < 4.78 is 0. The normalized spacial score (nSPS) is 15.6. The predicted molar refractivity (Wildman–Crippen MR) is 116 cm³/mol. The topological polar surface area (TPSA) is 61.4 Å². The minimum absolute atomic E-state index is 0.0660. The molecule has 1 aromatic carbocycles. The van der Waals surface area contributed by atoms with Crippen molar-refractivity contribution in [3.8, 4) is 0 Å². The van der Waals surface area contributed by atoms with Gasteiger partial charge in [0, 0.05) is 25.2 Å². The lowest BCUT2D eigenvalue weighted by molar-refractivity contribution is 0.0903. The third-order valence-corrected chi connectivity index (χ3v) is 6.56. The molecule has 5 nitrogen and oxygen atoms in total. The van der Waals surface area contributed by atoms with Crippen LogP contribution in [0.1, 0.15) is 52.3 Å². The smallest absolute Gasteiger partial charge is 0.261 e. The Balaban J connectivity index is 1.61. The van der Waals surface area contributed by atoms with E-state index in [-0.39, 0.29) is 17.9 Å². The molecule has 2 aromatic rings. The number of piperidine rings is 1. The van der Waals surface area contributed by atoms with Crippen LogP contribution in [0.2, 0.25) is 5.02 Å². The van der Waals surface area contributed by atoms with E-state index in [1.807, 2.05) is 13.0 Å². The number of hydrogen-bond donors (Lipinski definition) is 2. The van der Waals surface area contributed by atoms with Gasteiger partial charge in [-0.05, 0) is 57.4 Å². The number of nitrogens with zero attached hydrogens (tertiary/aromatic N) is 1. The second-order valence-electron chi connectivity index (χ2n) is 7.43. The number of nitrogens with one attached hydrogen (secondary N) is 2. The van der Waals surface area contributed by atoms with Gasteiger partial charge in [-0.2, -0.15) is 0 Å². The van der Waals surface area contributed by atoms with Gasteiger partial charge < -0.3 is 15.5 Å². The fourth-order valence-electron chi connectivity index (χ4n) is 3.40. The van der Waals surface area contributed by atoms with Crippen molar-refractivity contribution < 1.29 is 9.59 Å². The lowest BCUT2D eigenvalue weighted by Crippen LogP contribution is -2.46. The maximum atomic E-state index is 12.7. The Kier molecular flexibility index (Phi) is 6.75. The molecule has 2 N–H and O–H groups in total. The molecule has 7 heteroatoms. The Morgan fingerprint density at radius 3 is 2.50 bits per heavy atom. The van der Waals surface area contributed by atoms with Crippen LogP contribution in [0, 0.1) is 6.92 Å². The van der Waals surface area contributed by atoms with Gasteiger partial charge in [-0.1, -0.05) is 23.7 Å². The Morgan fingerprint density at radius 2 is 1.86 bits per heavy atom. The summed E-state index contributed by atoms with van der Waals surface area (Å²) >= 11 is 7.38. The molecule has 2 amide bonds. The van der Waals surface area contributed by atoms with Crippen molar-refractivity contribution in [1.82, 2.24) is 10.2 Å². The van der Waals surface area contributed by atoms with Crippen LogP contribution in [0.15, 0.2) is 30.3 Å².